The van der Waals surface area contributed by atoms with Crippen molar-refractivity contribution in [1.29, 1.82) is 0 Å². The predicted molar refractivity (Wildman–Crippen MR) is 120 cm³/mol. The van der Waals surface area contributed by atoms with Crippen LogP contribution in [0.15, 0.2) is 61.2 Å². The maximum Gasteiger partial charge on any atom is 0.255 e. The molecule has 2 N–H and O–H groups in total. The van der Waals surface area contributed by atoms with E-state index in [4.69, 9.17) is 4.74 Å². The van der Waals surface area contributed by atoms with Gasteiger partial charge in [0.25, 0.3) is 5.91 Å². The van der Waals surface area contributed by atoms with Gasteiger partial charge in [-0.3, -0.25) is 9.59 Å². The van der Waals surface area contributed by atoms with E-state index < -0.39 is 6.04 Å². The van der Waals surface area contributed by atoms with Gasteiger partial charge in [0.15, 0.2) is 0 Å². The summed E-state index contributed by atoms with van der Waals surface area (Å²) < 4.78 is 6.92. The molecule has 1 heterocycles. The number of benzene rings is 2. The third-order valence-corrected chi connectivity index (χ3v) is 5.31. The molecule has 0 fully saturated rings. The Balaban J connectivity index is 1.62. The van der Waals surface area contributed by atoms with Gasteiger partial charge in [0.05, 0.1) is 18.4 Å². The van der Waals surface area contributed by atoms with E-state index in [-0.39, 0.29) is 11.8 Å². The van der Waals surface area contributed by atoms with Crippen molar-refractivity contribution in [3.05, 3.63) is 72.3 Å². The van der Waals surface area contributed by atoms with Crippen LogP contribution < -0.4 is 15.4 Å². The van der Waals surface area contributed by atoms with Gasteiger partial charge in [0.2, 0.25) is 5.91 Å². The summed E-state index contributed by atoms with van der Waals surface area (Å²) in [5, 5.41) is 9.85. The van der Waals surface area contributed by atoms with Crippen molar-refractivity contribution in [2.75, 3.05) is 19.1 Å². The fourth-order valence-corrected chi connectivity index (χ4v) is 3.46. The van der Waals surface area contributed by atoms with Crippen molar-refractivity contribution >= 4 is 23.6 Å². The maximum absolute atomic E-state index is 12.8. The first-order valence-electron chi connectivity index (χ1n) is 9.77. The van der Waals surface area contributed by atoms with Crippen molar-refractivity contribution < 1.29 is 14.3 Å². The molecule has 0 spiro atoms. The number of amides is 2. The number of nitrogens with one attached hydrogen (secondary N) is 2. The average Bonchev–Trinajstić information content (AvgIpc) is 3.35. The number of hydrogen-bond acceptors (Lipinski definition) is 6. The highest BCUT2D eigenvalue weighted by Crippen LogP contribution is 2.17. The molecule has 162 valence electrons. The standard InChI is InChI=1S/C22H25N5O3S/c1-30-20-6-4-3-5-18(20)21(28)26-19(11-12-31-2)22(29)24-13-16-7-9-17(10-8-16)27-15-23-14-25-27/h3-10,14-15,19H,11-13H2,1-2H3,(H,24,29)(H,26,28). The van der Waals surface area contributed by atoms with Crippen molar-refractivity contribution in [1.82, 2.24) is 25.4 Å². The first-order chi connectivity index (χ1) is 15.1. The Kier molecular flexibility index (Phi) is 8.05. The topological polar surface area (TPSA) is 98.1 Å². The molecule has 31 heavy (non-hydrogen) atoms. The van der Waals surface area contributed by atoms with Crippen molar-refractivity contribution in [3.63, 3.8) is 0 Å². The molecule has 1 aromatic heterocycles. The Labute approximate surface area is 185 Å². The van der Waals surface area contributed by atoms with Gasteiger partial charge in [-0.1, -0.05) is 24.3 Å². The van der Waals surface area contributed by atoms with E-state index in [0.29, 0.717) is 24.3 Å². The Bertz CT molecular complexity index is 993. The second kappa shape index (κ2) is 11.2. The molecule has 3 aromatic rings. The van der Waals surface area contributed by atoms with Gasteiger partial charge in [-0.15, -0.1) is 0 Å². The van der Waals surface area contributed by atoms with Gasteiger partial charge in [-0.2, -0.15) is 16.9 Å². The lowest BCUT2D eigenvalue weighted by molar-refractivity contribution is -0.123. The molecule has 2 aromatic carbocycles. The van der Waals surface area contributed by atoms with E-state index in [9.17, 15) is 9.59 Å². The minimum atomic E-state index is -0.640. The van der Waals surface area contributed by atoms with Crippen LogP contribution in [0.3, 0.4) is 0 Å². The number of ether oxygens (including phenoxy) is 1. The molecular formula is C22H25N5O3S. The zero-order valence-electron chi connectivity index (χ0n) is 17.4. The number of para-hydroxylation sites is 1. The molecule has 0 aliphatic rings. The SMILES string of the molecule is COc1ccccc1C(=O)NC(CCSC)C(=O)NCc1ccc(-n2cncn2)cc1. The van der Waals surface area contributed by atoms with E-state index in [0.717, 1.165) is 17.0 Å². The minimum absolute atomic E-state index is 0.224. The highest BCUT2D eigenvalue weighted by atomic mass is 32.2. The molecular weight excluding hydrogens is 414 g/mol. The molecule has 0 aliphatic heterocycles. The van der Waals surface area contributed by atoms with Crippen LogP contribution in [-0.4, -0.2) is 51.7 Å². The highest BCUT2D eigenvalue weighted by molar-refractivity contribution is 7.98. The predicted octanol–water partition coefficient (Wildman–Crippen LogP) is 2.44. The Morgan fingerprint density at radius 2 is 1.94 bits per heavy atom. The van der Waals surface area contributed by atoms with Gasteiger partial charge in [0.1, 0.15) is 24.4 Å². The summed E-state index contributed by atoms with van der Waals surface area (Å²) in [5.74, 6) is 0.654. The fraction of sp³-hybridized carbons (Fsp3) is 0.273. The largest absolute Gasteiger partial charge is 0.496 e. The Hall–Kier alpha value is -3.33. The maximum atomic E-state index is 12.8. The third-order valence-electron chi connectivity index (χ3n) is 4.67. The van der Waals surface area contributed by atoms with E-state index >= 15 is 0 Å². The number of carbonyl (C=O) groups excluding carboxylic acids is 2. The van der Waals surface area contributed by atoms with Crippen molar-refractivity contribution in [2.45, 2.75) is 19.0 Å². The summed E-state index contributed by atoms with van der Waals surface area (Å²) in [6.07, 6.45) is 5.59. The van der Waals surface area contributed by atoms with Gasteiger partial charge < -0.3 is 15.4 Å². The molecule has 2 amide bonds. The third kappa shape index (κ3) is 6.08. The zero-order valence-corrected chi connectivity index (χ0v) is 18.3. The van der Waals surface area contributed by atoms with E-state index in [1.54, 1.807) is 47.0 Å². The minimum Gasteiger partial charge on any atom is -0.496 e. The molecule has 1 unspecified atom stereocenters. The monoisotopic (exact) mass is 439 g/mol. The number of aromatic nitrogens is 3. The molecule has 0 saturated carbocycles. The number of rotatable bonds is 10. The molecule has 0 radical (unpaired) electrons. The lowest BCUT2D eigenvalue weighted by atomic mass is 10.1. The second-order valence-corrected chi connectivity index (χ2v) is 7.72. The number of hydrogen-bond donors (Lipinski definition) is 2. The highest BCUT2D eigenvalue weighted by Gasteiger charge is 2.22. The van der Waals surface area contributed by atoms with Crippen LogP contribution in [0.1, 0.15) is 22.3 Å². The van der Waals surface area contributed by atoms with Crippen LogP contribution in [0.25, 0.3) is 5.69 Å². The van der Waals surface area contributed by atoms with Gasteiger partial charge in [0, 0.05) is 6.54 Å². The lowest BCUT2D eigenvalue weighted by Gasteiger charge is -2.19. The number of thioether (sulfide) groups is 1. The molecule has 9 heteroatoms. The number of carbonyl (C=O) groups is 2. The second-order valence-electron chi connectivity index (χ2n) is 6.73. The summed E-state index contributed by atoms with van der Waals surface area (Å²) in [6, 6.07) is 14.0. The van der Waals surface area contributed by atoms with Crippen molar-refractivity contribution in [2.24, 2.45) is 0 Å². The van der Waals surface area contributed by atoms with Crippen LogP contribution >= 0.6 is 11.8 Å². The van der Waals surface area contributed by atoms with Crippen molar-refractivity contribution in [3.8, 4) is 11.4 Å². The van der Waals surface area contributed by atoms with Crippen LogP contribution in [0, 0.1) is 0 Å². The Morgan fingerprint density at radius 1 is 1.16 bits per heavy atom. The summed E-state index contributed by atoms with van der Waals surface area (Å²) in [5.41, 5.74) is 2.22. The van der Waals surface area contributed by atoms with E-state index in [1.807, 2.05) is 30.5 Å². The summed E-state index contributed by atoms with van der Waals surface area (Å²) in [6.45, 7) is 0.358. The van der Waals surface area contributed by atoms with Crippen LogP contribution in [0.5, 0.6) is 5.75 Å². The normalized spacial score (nSPS) is 11.5. The smallest absolute Gasteiger partial charge is 0.255 e. The molecule has 3 rings (SSSR count). The number of methoxy groups -OCH3 is 1. The van der Waals surface area contributed by atoms with E-state index in [1.165, 1.54) is 13.4 Å². The van der Waals surface area contributed by atoms with Gasteiger partial charge in [-0.05, 0) is 48.3 Å². The Morgan fingerprint density at radius 3 is 2.61 bits per heavy atom. The van der Waals surface area contributed by atoms with Crippen LogP contribution in [0.4, 0.5) is 0 Å². The van der Waals surface area contributed by atoms with Crippen LogP contribution in [0.2, 0.25) is 0 Å². The summed E-state index contributed by atoms with van der Waals surface area (Å²) >= 11 is 1.62. The summed E-state index contributed by atoms with van der Waals surface area (Å²) in [7, 11) is 1.51. The van der Waals surface area contributed by atoms with E-state index in [2.05, 4.69) is 20.7 Å². The molecule has 0 bridgehead atoms. The van der Waals surface area contributed by atoms with Gasteiger partial charge in [-0.25, -0.2) is 9.67 Å². The van der Waals surface area contributed by atoms with Gasteiger partial charge >= 0.3 is 0 Å². The quantitative estimate of drug-likeness (QED) is 0.504. The van der Waals surface area contributed by atoms with Crippen LogP contribution in [-0.2, 0) is 11.3 Å². The lowest BCUT2D eigenvalue weighted by Crippen LogP contribution is -2.47. The summed E-state index contributed by atoms with van der Waals surface area (Å²) in [4.78, 5) is 29.5. The first kappa shape index (κ1) is 22.4. The molecule has 1 atom stereocenters. The zero-order chi connectivity index (χ0) is 22.1. The molecule has 0 saturated heterocycles. The molecule has 8 nitrogen and oxygen atoms in total. The number of nitrogens with zero attached hydrogens (tertiary/aromatic N) is 3. The first-order valence-corrected chi connectivity index (χ1v) is 11.2. The average molecular weight is 440 g/mol. The molecule has 0 aliphatic carbocycles. The fourth-order valence-electron chi connectivity index (χ4n) is 2.99.